The minimum absolute atomic E-state index is 0.127. The molecule has 0 atom stereocenters. The lowest BCUT2D eigenvalue weighted by Gasteiger charge is -1.83. The first kappa shape index (κ1) is 6.80. The van der Waals surface area contributed by atoms with E-state index < -0.39 is 0 Å². The van der Waals surface area contributed by atoms with Crippen molar-refractivity contribution in [2.24, 2.45) is 7.05 Å². The Morgan fingerprint density at radius 3 is 2.80 bits per heavy atom. The van der Waals surface area contributed by atoms with E-state index in [1.165, 1.54) is 15.6 Å². The second kappa shape index (κ2) is 2.51. The van der Waals surface area contributed by atoms with Crippen LogP contribution in [-0.4, -0.2) is 14.3 Å². The van der Waals surface area contributed by atoms with Crippen LogP contribution in [0, 0.1) is 0 Å². The lowest BCUT2D eigenvalue weighted by molar-refractivity contribution is 0.825. The van der Waals surface area contributed by atoms with Crippen molar-refractivity contribution in [1.29, 1.82) is 0 Å². The highest BCUT2D eigenvalue weighted by Crippen LogP contribution is 1.76. The summed E-state index contributed by atoms with van der Waals surface area (Å²) in [5.41, 5.74) is -0.127. The highest BCUT2D eigenvalue weighted by molar-refractivity contribution is 5.16. The average Bonchev–Trinajstić information content (AvgIpc) is 2.20. The first-order valence-electron chi connectivity index (χ1n) is 2.98. The molecular formula is C6H9N3O. The third-order valence-electron chi connectivity index (χ3n) is 1.14. The Labute approximate surface area is 58.4 Å². The number of rotatable bonds is 1. The Morgan fingerprint density at radius 1 is 1.70 bits per heavy atom. The molecule has 0 unspecified atom stereocenters. The van der Waals surface area contributed by atoms with Gasteiger partial charge in [0.25, 0.3) is 0 Å². The number of hydrogen-bond acceptors (Lipinski definition) is 2. The van der Waals surface area contributed by atoms with Gasteiger partial charge in [0, 0.05) is 13.2 Å². The molecule has 1 aromatic rings. The summed E-state index contributed by atoms with van der Waals surface area (Å²) in [5.74, 6) is 0. The Balaban J connectivity index is 3.18. The minimum Gasteiger partial charge on any atom is -0.284 e. The Morgan fingerprint density at radius 2 is 2.40 bits per heavy atom. The lowest BCUT2D eigenvalue weighted by atomic mass is 10.7. The van der Waals surface area contributed by atoms with E-state index in [1.807, 2.05) is 6.92 Å². The molecule has 1 aromatic heterocycles. The van der Waals surface area contributed by atoms with Gasteiger partial charge in [-0.25, -0.2) is 4.79 Å². The highest BCUT2D eigenvalue weighted by atomic mass is 16.2. The predicted octanol–water partition coefficient (Wildman–Crippen LogP) is 0.0724. The zero-order chi connectivity index (χ0) is 7.56. The summed E-state index contributed by atoms with van der Waals surface area (Å²) in [6.07, 6.45) is 4.85. The molecule has 4 heteroatoms. The first-order valence-corrected chi connectivity index (χ1v) is 2.98. The van der Waals surface area contributed by atoms with Crippen molar-refractivity contribution in [3.8, 4) is 0 Å². The van der Waals surface area contributed by atoms with E-state index in [-0.39, 0.29) is 5.69 Å². The fourth-order valence-electron chi connectivity index (χ4n) is 0.637. The molecule has 0 saturated carbocycles. The smallest absolute Gasteiger partial charge is 0.284 e. The van der Waals surface area contributed by atoms with Gasteiger partial charge in [0.1, 0.15) is 6.33 Å². The van der Waals surface area contributed by atoms with Crippen LogP contribution in [-0.2, 0) is 7.05 Å². The second-order valence-electron chi connectivity index (χ2n) is 1.95. The summed E-state index contributed by atoms with van der Waals surface area (Å²) >= 11 is 0. The largest absolute Gasteiger partial charge is 0.349 e. The van der Waals surface area contributed by atoms with E-state index in [0.29, 0.717) is 0 Å². The van der Waals surface area contributed by atoms with Crippen molar-refractivity contribution >= 4 is 6.20 Å². The van der Waals surface area contributed by atoms with Crippen molar-refractivity contribution in [1.82, 2.24) is 14.3 Å². The number of aryl methyl sites for hydroxylation is 1. The van der Waals surface area contributed by atoms with Crippen molar-refractivity contribution in [2.45, 2.75) is 6.92 Å². The van der Waals surface area contributed by atoms with Gasteiger partial charge in [-0.2, -0.15) is 9.78 Å². The van der Waals surface area contributed by atoms with Gasteiger partial charge in [-0.1, -0.05) is 6.08 Å². The molecule has 0 fully saturated rings. The minimum atomic E-state index is -0.127. The predicted molar refractivity (Wildman–Crippen MR) is 38.5 cm³/mol. The van der Waals surface area contributed by atoms with Crippen LogP contribution in [0.5, 0.6) is 0 Å². The van der Waals surface area contributed by atoms with Crippen LogP contribution >= 0.6 is 0 Å². The van der Waals surface area contributed by atoms with Gasteiger partial charge in [0.05, 0.1) is 0 Å². The SMILES string of the molecule is C/C=C\n1ncn(C)c1=O. The van der Waals surface area contributed by atoms with Gasteiger partial charge >= 0.3 is 5.69 Å². The number of nitrogens with zero attached hydrogens (tertiary/aromatic N) is 3. The third-order valence-corrected chi connectivity index (χ3v) is 1.14. The molecule has 4 nitrogen and oxygen atoms in total. The Bertz CT molecular complexity index is 294. The quantitative estimate of drug-likeness (QED) is 0.552. The molecule has 0 aliphatic carbocycles. The fourth-order valence-corrected chi connectivity index (χ4v) is 0.637. The van der Waals surface area contributed by atoms with Gasteiger partial charge in [0.15, 0.2) is 0 Å². The van der Waals surface area contributed by atoms with Crippen LogP contribution < -0.4 is 5.69 Å². The second-order valence-corrected chi connectivity index (χ2v) is 1.95. The van der Waals surface area contributed by atoms with Crippen molar-refractivity contribution in [3.63, 3.8) is 0 Å². The molecular weight excluding hydrogens is 130 g/mol. The maximum absolute atomic E-state index is 11.0. The summed E-state index contributed by atoms with van der Waals surface area (Å²) in [6, 6.07) is 0. The molecule has 10 heavy (non-hydrogen) atoms. The van der Waals surface area contributed by atoms with E-state index in [9.17, 15) is 4.79 Å². The van der Waals surface area contributed by atoms with E-state index in [1.54, 1.807) is 19.3 Å². The van der Waals surface area contributed by atoms with Crippen LogP contribution in [0.1, 0.15) is 6.92 Å². The molecule has 0 amide bonds. The van der Waals surface area contributed by atoms with Crippen LogP contribution in [0.3, 0.4) is 0 Å². The van der Waals surface area contributed by atoms with Crippen molar-refractivity contribution < 1.29 is 0 Å². The monoisotopic (exact) mass is 139 g/mol. The molecule has 0 aliphatic heterocycles. The zero-order valence-corrected chi connectivity index (χ0v) is 5.98. The standard InChI is InChI=1S/C6H9N3O/c1-3-4-9-6(10)8(2)5-7-9/h3-5H,1-2H3/b4-3-. The summed E-state index contributed by atoms with van der Waals surface area (Å²) in [6.45, 7) is 1.83. The number of allylic oxidation sites excluding steroid dienone is 1. The van der Waals surface area contributed by atoms with E-state index in [4.69, 9.17) is 0 Å². The Hall–Kier alpha value is -1.32. The van der Waals surface area contributed by atoms with Gasteiger partial charge in [-0.3, -0.25) is 4.57 Å². The van der Waals surface area contributed by atoms with E-state index in [0.717, 1.165) is 0 Å². The Kier molecular flexibility index (Phi) is 1.71. The molecule has 1 rings (SSSR count). The lowest BCUT2D eigenvalue weighted by Crippen LogP contribution is -2.18. The third kappa shape index (κ3) is 1.00. The summed E-state index contributed by atoms with van der Waals surface area (Å²) in [7, 11) is 1.66. The van der Waals surface area contributed by atoms with Crippen LogP contribution in [0.25, 0.3) is 6.20 Å². The topological polar surface area (TPSA) is 39.8 Å². The molecule has 0 radical (unpaired) electrons. The molecule has 0 spiro atoms. The molecule has 0 aromatic carbocycles. The zero-order valence-electron chi connectivity index (χ0n) is 5.98. The molecule has 0 bridgehead atoms. The highest BCUT2D eigenvalue weighted by Gasteiger charge is 1.93. The number of aromatic nitrogens is 3. The van der Waals surface area contributed by atoms with Crippen LogP contribution in [0.4, 0.5) is 0 Å². The van der Waals surface area contributed by atoms with Gasteiger partial charge in [-0.15, -0.1) is 0 Å². The van der Waals surface area contributed by atoms with E-state index in [2.05, 4.69) is 5.10 Å². The van der Waals surface area contributed by atoms with Crippen molar-refractivity contribution in [2.75, 3.05) is 0 Å². The first-order chi connectivity index (χ1) is 4.75. The summed E-state index contributed by atoms with van der Waals surface area (Å²) in [5, 5.41) is 3.79. The van der Waals surface area contributed by atoms with Crippen LogP contribution in [0.15, 0.2) is 17.2 Å². The maximum atomic E-state index is 11.0. The summed E-state index contributed by atoms with van der Waals surface area (Å²) in [4.78, 5) is 11.0. The molecule has 1 heterocycles. The van der Waals surface area contributed by atoms with Crippen molar-refractivity contribution in [3.05, 3.63) is 22.9 Å². The molecule has 0 N–H and O–H groups in total. The summed E-state index contributed by atoms with van der Waals surface area (Å²) < 4.78 is 2.69. The molecule has 0 aliphatic rings. The molecule has 54 valence electrons. The maximum Gasteiger partial charge on any atom is 0.349 e. The normalized spacial score (nSPS) is 11.0. The van der Waals surface area contributed by atoms with E-state index >= 15 is 0 Å². The van der Waals surface area contributed by atoms with Gasteiger partial charge < -0.3 is 0 Å². The van der Waals surface area contributed by atoms with Gasteiger partial charge in [0.2, 0.25) is 0 Å². The fraction of sp³-hybridized carbons (Fsp3) is 0.333. The molecule has 0 saturated heterocycles. The number of hydrogen-bond donors (Lipinski definition) is 0. The van der Waals surface area contributed by atoms with Gasteiger partial charge in [-0.05, 0) is 6.92 Å². The van der Waals surface area contributed by atoms with Crippen LogP contribution in [0.2, 0.25) is 0 Å². The average molecular weight is 139 g/mol.